The number of benzene rings is 1. The molecular weight excluding hydrogens is 262 g/mol. The summed E-state index contributed by atoms with van der Waals surface area (Å²) in [4.78, 5) is 0. The minimum Gasteiger partial charge on any atom is -0.413 e. The molecule has 0 bridgehead atoms. The minimum absolute atomic E-state index is 0.186. The summed E-state index contributed by atoms with van der Waals surface area (Å²) in [6, 6.07) is 10.9. The van der Waals surface area contributed by atoms with E-state index in [-0.39, 0.29) is 5.41 Å². The van der Waals surface area contributed by atoms with E-state index in [2.05, 4.69) is 69.5 Å². The van der Waals surface area contributed by atoms with E-state index in [1.165, 1.54) is 5.56 Å². The highest BCUT2D eigenvalue weighted by atomic mass is 28.3. The van der Waals surface area contributed by atoms with Crippen molar-refractivity contribution in [2.45, 2.75) is 45.9 Å². The van der Waals surface area contributed by atoms with Crippen LogP contribution in [0, 0.1) is 11.3 Å². The van der Waals surface area contributed by atoms with Gasteiger partial charge in [-0.05, 0) is 24.1 Å². The Bertz CT molecular complexity index is 413. The van der Waals surface area contributed by atoms with E-state index in [4.69, 9.17) is 4.43 Å². The molecule has 1 aromatic rings. The van der Waals surface area contributed by atoms with Crippen LogP contribution in [0.3, 0.4) is 0 Å². The van der Waals surface area contributed by atoms with Crippen LogP contribution in [0.5, 0.6) is 0 Å². The average Bonchev–Trinajstić information content (AvgIpc) is 2.84. The fraction of sp³-hybridized carbons (Fsp3) is 0.647. The van der Waals surface area contributed by atoms with Gasteiger partial charge in [0.2, 0.25) is 9.04 Å². The number of hydrogen-bond donors (Lipinski definition) is 1. The molecule has 1 fully saturated rings. The predicted molar refractivity (Wildman–Crippen MR) is 87.4 cm³/mol. The molecule has 2 rings (SSSR count). The Morgan fingerprint density at radius 3 is 2.35 bits per heavy atom. The van der Waals surface area contributed by atoms with Crippen LogP contribution in [0.4, 0.5) is 0 Å². The van der Waals surface area contributed by atoms with E-state index in [0.717, 1.165) is 13.1 Å². The molecule has 1 heterocycles. The first-order valence-electron chi connectivity index (χ1n) is 7.62. The molecule has 1 unspecified atom stereocenters. The Kier molecular flexibility index (Phi) is 5.05. The average molecular weight is 291 g/mol. The third kappa shape index (κ3) is 3.71. The van der Waals surface area contributed by atoms with Crippen LogP contribution in [0.1, 0.15) is 32.3 Å². The molecule has 20 heavy (non-hydrogen) atoms. The summed E-state index contributed by atoms with van der Waals surface area (Å²) >= 11 is 0. The molecule has 1 N–H and O–H groups in total. The van der Waals surface area contributed by atoms with Crippen molar-refractivity contribution in [3.8, 4) is 0 Å². The fourth-order valence-corrected chi connectivity index (χ4v) is 4.28. The highest BCUT2D eigenvalue weighted by Crippen LogP contribution is 2.39. The Morgan fingerprint density at radius 2 is 1.80 bits per heavy atom. The summed E-state index contributed by atoms with van der Waals surface area (Å²) in [5, 5.41) is 3.58. The number of nitrogens with one attached hydrogen (secondary N) is 1. The van der Waals surface area contributed by atoms with Crippen LogP contribution >= 0.6 is 0 Å². The van der Waals surface area contributed by atoms with Gasteiger partial charge in [-0.25, -0.2) is 0 Å². The van der Waals surface area contributed by atoms with Crippen molar-refractivity contribution in [3.63, 3.8) is 0 Å². The molecule has 0 saturated carbocycles. The van der Waals surface area contributed by atoms with Crippen molar-refractivity contribution < 1.29 is 4.43 Å². The van der Waals surface area contributed by atoms with Gasteiger partial charge in [-0.15, -0.1) is 0 Å². The van der Waals surface area contributed by atoms with Gasteiger partial charge in [0, 0.05) is 24.9 Å². The second-order valence-corrected chi connectivity index (χ2v) is 9.20. The normalized spacial score (nSPS) is 25.1. The van der Waals surface area contributed by atoms with Gasteiger partial charge in [0.1, 0.15) is 0 Å². The first kappa shape index (κ1) is 15.7. The third-order valence-corrected chi connectivity index (χ3v) is 4.82. The van der Waals surface area contributed by atoms with E-state index in [1.807, 2.05) is 0 Å². The highest BCUT2D eigenvalue weighted by molar-refractivity contribution is 6.48. The van der Waals surface area contributed by atoms with Gasteiger partial charge >= 0.3 is 0 Å². The Morgan fingerprint density at radius 1 is 1.15 bits per heavy atom. The molecule has 1 aromatic carbocycles. The molecule has 1 aliphatic heterocycles. The van der Waals surface area contributed by atoms with Crippen LogP contribution in [-0.4, -0.2) is 28.2 Å². The first-order valence-corrected chi connectivity index (χ1v) is 10.0. The third-order valence-electron chi connectivity index (χ3n) is 4.09. The molecule has 1 radical (unpaired) electrons. The van der Waals surface area contributed by atoms with E-state index < -0.39 is 9.04 Å². The Labute approximate surface area is 125 Å². The molecule has 3 atom stereocenters. The maximum atomic E-state index is 6.41. The lowest BCUT2D eigenvalue weighted by Gasteiger charge is -2.39. The molecule has 0 aliphatic carbocycles. The molecule has 111 valence electrons. The predicted octanol–water partition coefficient (Wildman–Crippen LogP) is 3.67. The largest absolute Gasteiger partial charge is 0.413 e. The van der Waals surface area contributed by atoms with Gasteiger partial charge in [0.15, 0.2) is 0 Å². The maximum Gasteiger partial charge on any atom is 0.205 e. The summed E-state index contributed by atoms with van der Waals surface area (Å²) < 4.78 is 6.41. The quantitative estimate of drug-likeness (QED) is 0.854. The molecular formula is C17H28NOSi. The van der Waals surface area contributed by atoms with Crippen molar-refractivity contribution in [2.24, 2.45) is 11.3 Å². The SMILES string of the molecule is C[Si](C)OC([C@H]1CNC[C@@H]1c1ccccc1)C(C)(C)C. The molecule has 0 amide bonds. The van der Waals surface area contributed by atoms with Crippen molar-refractivity contribution in [2.75, 3.05) is 13.1 Å². The summed E-state index contributed by atoms with van der Waals surface area (Å²) in [6.07, 6.45) is 0.326. The monoisotopic (exact) mass is 290 g/mol. The second-order valence-electron chi connectivity index (χ2n) is 7.15. The van der Waals surface area contributed by atoms with Crippen LogP contribution in [-0.2, 0) is 4.43 Å². The lowest BCUT2D eigenvalue weighted by atomic mass is 9.75. The Balaban J connectivity index is 2.23. The summed E-state index contributed by atoms with van der Waals surface area (Å²) in [5.41, 5.74) is 1.63. The van der Waals surface area contributed by atoms with Crippen LogP contribution in [0.15, 0.2) is 30.3 Å². The molecule has 0 aromatic heterocycles. The smallest absolute Gasteiger partial charge is 0.205 e. The maximum absolute atomic E-state index is 6.41. The standard InChI is InChI=1S/C17H28NOSi/c1-17(2,3)16(19-20(4)5)15-12-18-11-14(15)13-9-7-6-8-10-13/h6-10,14-16,18H,11-12H2,1-5H3/t14-,15+,16?/m1/s1. The van der Waals surface area contributed by atoms with Crippen molar-refractivity contribution in [1.82, 2.24) is 5.32 Å². The minimum atomic E-state index is -0.685. The van der Waals surface area contributed by atoms with Crippen LogP contribution in [0.2, 0.25) is 13.1 Å². The number of rotatable bonds is 4. The van der Waals surface area contributed by atoms with E-state index in [9.17, 15) is 0 Å². The summed E-state index contributed by atoms with van der Waals surface area (Å²) in [7, 11) is -0.685. The zero-order valence-electron chi connectivity index (χ0n) is 13.4. The van der Waals surface area contributed by atoms with Crippen molar-refractivity contribution in [1.29, 1.82) is 0 Å². The highest BCUT2D eigenvalue weighted by Gasteiger charge is 2.41. The molecule has 3 heteroatoms. The fourth-order valence-electron chi connectivity index (χ4n) is 3.24. The molecule has 1 saturated heterocycles. The first-order chi connectivity index (χ1) is 9.39. The van der Waals surface area contributed by atoms with Gasteiger partial charge in [0.05, 0.1) is 6.10 Å². The van der Waals surface area contributed by atoms with Gasteiger partial charge < -0.3 is 9.74 Å². The lowest BCUT2D eigenvalue weighted by Crippen LogP contribution is -2.42. The summed E-state index contributed by atoms with van der Waals surface area (Å²) in [6.45, 7) is 13.5. The van der Waals surface area contributed by atoms with Gasteiger partial charge in [-0.2, -0.15) is 0 Å². The van der Waals surface area contributed by atoms with Crippen LogP contribution < -0.4 is 5.32 Å². The zero-order valence-corrected chi connectivity index (χ0v) is 14.4. The zero-order chi connectivity index (χ0) is 14.8. The van der Waals surface area contributed by atoms with Crippen molar-refractivity contribution >= 4 is 9.04 Å². The van der Waals surface area contributed by atoms with Crippen LogP contribution in [0.25, 0.3) is 0 Å². The van der Waals surface area contributed by atoms with E-state index >= 15 is 0 Å². The van der Waals surface area contributed by atoms with E-state index in [1.54, 1.807) is 0 Å². The second kappa shape index (κ2) is 6.42. The molecule has 1 aliphatic rings. The van der Waals surface area contributed by atoms with Gasteiger partial charge in [-0.1, -0.05) is 51.1 Å². The lowest BCUT2D eigenvalue weighted by molar-refractivity contribution is 0.0339. The van der Waals surface area contributed by atoms with Crippen molar-refractivity contribution in [3.05, 3.63) is 35.9 Å². The Hall–Kier alpha value is -0.643. The van der Waals surface area contributed by atoms with E-state index in [0.29, 0.717) is 17.9 Å². The molecule has 2 nitrogen and oxygen atoms in total. The molecule has 0 spiro atoms. The number of hydrogen-bond acceptors (Lipinski definition) is 2. The topological polar surface area (TPSA) is 21.3 Å². The summed E-state index contributed by atoms with van der Waals surface area (Å²) in [5.74, 6) is 1.14. The van der Waals surface area contributed by atoms with Gasteiger partial charge in [0.25, 0.3) is 0 Å². The van der Waals surface area contributed by atoms with Gasteiger partial charge in [-0.3, -0.25) is 0 Å².